The summed E-state index contributed by atoms with van der Waals surface area (Å²) in [7, 11) is 5.17. The third-order valence-corrected chi connectivity index (χ3v) is 5.73. The third kappa shape index (κ3) is 4.12. The van der Waals surface area contributed by atoms with Crippen molar-refractivity contribution in [3.8, 4) is 11.5 Å². The van der Waals surface area contributed by atoms with E-state index in [1.807, 2.05) is 19.4 Å². The van der Waals surface area contributed by atoms with Gasteiger partial charge in [-0.2, -0.15) is 0 Å². The van der Waals surface area contributed by atoms with Crippen molar-refractivity contribution in [2.75, 3.05) is 27.3 Å². The molecule has 1 N–H and O–H groups in total. The quantitative estimate of drug-likeness (QED) is 0.686. The second-order valence-corrected chi connectivity index (χ2v) is 7.61. The average Bonchev–Trinajstić information content (AvgIpc) is 3.13. The predicted octanol–water partition coefficient (Wildman–Crippen LogP) is 2.13. The van der Waals surface area contributed by atoms with Crippen molar-refractivity contribution in [1.29, 1.82) is 0 Å². The Morgan fingerprint density at radius 2 is 1.90 bits per heavy atom. The molecule has 0 radical (unpaired) electrons. The van der Waals surface area contributed by atoms with Gasteiger partial charge in [-0.25, -0.2) is 9.97 Å². The highest BCUT2D eigenvalue weighted by molar-refractivity contribution is 5.81. The molecule has 0 atom stereocenters. The average molecular weight is 397 g/mol. The Balaban J connectivity index is 1.44. The maximum Gasteiger partial charge on any atom is 0.258 e. The SMILES string of the molecule is COc1cc2nc(CN3CCC(Cc4nccn4C)CC3)[nH]c(=O)c2cc1OC. The highest BCUT2D eigenvalue weighted by Gasteiger charge is 2.21. The molecule has 0 spiro atoms. The Morgan fingerprint density at radius 3 is 2.55 bits per heavy atom. The van der Waals surface area contributed by atoms with Gasteiger partial charge in [0, 0.05) is 31.9 Å². The zero-order valence-corrected chi connectivity index (χ0v) is 17.1. The highest BCUT2D eigenvalue weighted by Crippen LogP contribution is 2.30. The fourth-order valence-electron chi connectivity index (χ4n) is 4.00. The summed E-state index contributed by atoms with van der Waals surface area (Å²) in [5.41, 5.74) is 0.460. The van der Waals surface area contributed by atoms with Crippen LogP contribution in [0.2, 0.25) is 0 Å². The van der Waals surface area contributed by atoms with E-state index in [1.165, 1.54) is 0 Å². The van der Waals surface area contributed by atoms with E-state index in [0.717, 1.165) is 38.2 Å². The Kier molecular flexibility index (Phi) is 5.53. The Labute approximate surface area is 169 Å². The van der Waals surface area contributed by atoms with Crippen LogP contribution in [-0.4, -0.2) is 51.7 Å². The summed E-state index contributed by atoms with van der Waals surface area (Å²) < 4.78 is 12.7. The first-order valence-corrected chi connectivity index (χ1v) is 9.91. The summed E-state index contributed by atoms with van der Waals surface area (Å²) in [5, 5.41) is 0.500. The van der Waals surface area contributed by atoms with Gasteiger partial charge in [0.1, 0.15) is 11.6 Å². The van der Waals surface area contributed by atoms with Crippen molar-refractivity contribution in [3.63, 3.8) is 0 Å². The number of methoxy groups -OCH3 is 2. The molecule has 0 saturated carbocycles. The minimum Gasteiger partial charge on any atom is -0.493 e. The van der Waals surface area contributed by atoms with Crippen LogP contribution >= 0.6 is 0 Å². The predicted molar refractivity (Wildman–Crippen MR) is 110 cm³/mol. The number of benzene rings is 1. The largest absolute Gasteiger partial charge is 0.493 e. The van der Waals surface area contributed by atoms with Gasteiger partial charge in [-0.15, -0.1) is 0 Å². The first-order valence-electron chi connectivity index (χ1n) is 9.91. The number of fused-ring (bicyclic) bond motifs is 1. The molecule has 0 aliphatic carbocycles. The lowest BCUT2D eigenvalue weighted by atomic mass is 9.93. The van der Waals surface area contributed by atoms with Gasteiger partial charge >= 0.3 is 0 Å². The summed E-state index contributed by atoms with van der Waals surface area (Å²) in [6, 6.07) is 3.43. The number of piperidine rings is 1. The molecule has 0 unspecified atom stereocenters. The van der Waals surface area contributed by atoms with Crippen molar-refractivity contribution in [1.82, 2.24) is 24.4 Å². The molecule has 1 saturated heterocycles. The van der Waals surface area contributed by atoms with Crippen LogP contribution in [-0.2, 0) is 20.0 Å². The van der Waals surface area contributed by atoms with Crippen molar-refractivity contribution in [2.45, 2.75) is 25.8 Å². The van der Waals surface area contributed by atoms with Crippen LogP contribution in [0.4, 0.5) is 0 Å². The van der Waals surface area contributed by atoms with Gasteiger partial charge in [-0.1, -0.05) is 0 Å². The van der Waals surface area contributed by atoms with Crippen LogP contribution in [0.1, 0.15) is 24.5 Å². The topological polar surface area (TPSA) is 85.3 Å². The summed E-state index contributed by atoms with van der Waals surface area (Å²) in [6.45, 7) is 2.61. The maximum absolute atomic E-state index is 12.6. The summed E-state index contributed by atoms with van der Waals surface area (Å²) in [6.07, 6.45) is 7.11. The fraction of sp³-hybridized carbons (Fsp3) is 0.476. The van der Waals surface area contributed by atoms with Crippen LogP contribution < -0.4 is 15.0 Å². The van der Waals surface area contributed by atoms with E-state index in [0.29, 0.717) is 40.7 Å². The first-order chi connectivity index (χ1) is 14.1. The molecule has 4 rings (SSSR count). The molecule has 2 aromatic heterocycles. The lowest BCUT2D eigenvalue weighted by Crippen LogP contribution is -2.35. The van der Waals surface area contributed by atoms with Crippen molar-refractivity contribution in [2.24, 2.45) is 13.0 Å². The van der Waals surface area contributed by atoms with E-state index < -0.39 is 0 Å². The standard InChI is InChI=1S/C21H27N5O3/c1-25-9-6-22-20(25)10-14-4-7-26(8-5-14)13-19-23-16-12-18(29-3)17(28-2)11-15(16)21(27)24-19/h6,9,11-12,14H,4-5,7-8,10,13H2,1-3H3,(H,23,24,27). The Morgan fingerprint density at radius 1 is 1.17 bits per heavy atom. The smallest absolute Gasteiger partial charge is 0.258 e. The first kappa shape index (κ1) is 19.4. The maximum atomic E-state index is 12.6. The lowest BCUT2D eigenvalue weighted by Gasteiger charge is -2.31. The second kappa shape index (κ2) is 8.24. The van der Waals surface area contributed by atoms with Crippen LogP contribution in [0.5, 0.6) is 11.5 Å². The molecule has 1 fully saturated rings. The number of aromatic nitrogens is 4. The van der Waals surface area contributed by atoms with E-state index >= 15 is 0 Å². The number of imidazole rings is 1. The molecule has 3 heterocycles. The normalized spacial score (nSPS) is 15.7. The van der Waals surface area contributed by atoms with Crippen molar-refractivity contribution < 1.29 is 9.47 Å². The summed E-state index contributed by atoms with van der Waals surface area (Å²) >= 11 is 0. The van der Waals surface area contributed by atoms with Crippen LogP contribution in [0, 0.1) is 5.92 Å². The van der Waals surface area contributed by atoms with E-state index in [1.54, 1.807) is 26.4 Å². The number of nitrogens with one attached hydrogen (secondary N) is 1. The molecular weight excluding hydrogens is 370 g/mol. The van der Waals surface area contributed by atoms with Crippen LogP contribution in [0.25, 0.3) is 10.9 Å². The van der Waals surface area contributed by atoms with E-state index in [-0.39, 0.29) is 5.56 Å². The number of hydrogen-bond donors (Lipinski definition) is 1. The van der Waals surface area contributed by atoms with Gasteiger partial charge in [0.2, 0.25) is 0 Å². The fourth-order valence-corrected chi connectivity index (χ4v) is 4.00. The van der Waals surface area contributed by atoms with Gasteiger partial charge in [-0.3, -0.25) is 9.69 Å². The van der Waals surface area contributed by atoms with Gasteiger partial charge in [0.15, 0.2) is 11.5 Å². The number of ether oxygens (including phenoxy) is 2. The summed E-state index contributed by atoms with van der Waals surface area (Å²) in [4.78, 5) is 26.9. The molecule has 1 aromatic carbocycles. The third-order valence-electron chi connectivity index (χ3n) is 5.73. The molecule has 1 aliphatic heterocycles. The van der Waals surface area contributed by atoms with Gasteiger partial charge < -0.3 is 19.0 Å². The number of aryl methyl sites for hydroxylation is 1. The van der Waals surface area contributed by atoms with E-state index in [2.05, 4.69) is 24.4 Å². The van der Waals surface area contributed by atoms with Crippen molar-refractivity contribution >= 4 is 10.9 Å². The number of hydrogen-bond acceptors (Lipinski definition) is 6. The molecule has 0 bridgehead atoms. The molecule has 0 amide bonds. The van der Waals surface area contributed by atoms with Crippen molar-refractivity contribution in [3.05, 3.63) is 46.5 Å². The molecule has 8 nitrogen and oxygen atoms in total. The number of likely N-dealkylation sites (tertiary alicyclic amines) is 1. The number of rotatable bonds is 6. The Bertz CT molecular complexity index is 1050. The Hall–Kier alpha value is -2.87. The van der Waals surface area contributed by atoms with Crippen LogP contribution in [0.15, 0.2) is 29.3 Å². The number of aromatic amines is 1. The minimum absolute atomic E-state index is 0.157. The monoisotopic (exact) mass is 397 g/mol. The lowest BCUT2D eigenvalue weighted by molar-refractivity contribution is 0.172. The molecule has 8 heteroatoms. The van der Waals surface area contributed by atoms with Gasteiger partial charge in [0.05, 0.1) is 31.7 Å². The number of H-pyrrole nitrogens is 1. The number of nitrogens with zero attached hydrogens (tertiary/aromatic N) is 4. The van der Waals surface area contributed by atoms with Gasteiger partial charge in [-0.05, 0) is 37.9 Å². The van der Waals surface area contributed by atoms with Gasteiger partial charge in [0.25, 0.3) is 5.56 Å². The molecule has 154 valence electrons. The molecule has 1 aliphatic rings. The van der Waals surface area contributed by atoms with E-state index in [4.69, 9.17) is 9.47 Å². The highest BCUT2D eigenvalue weighted by atomic mass is 16.5. The zero-order valence-electron chi connectivity index (χ0n) is 17.1. The molecule has 3 aromatic rings. The minimum atomic E-state index is -0.157. The van der Waals surface area contributed by atoms with E-state index in [9.17, 15) is 4.79 Å². The zero-order chi connectivity index (χ0) is 20.4. The molecular formula is C21H27N5O3. The van der Waals surface area contributed by atoms with Crippen LogP contribution in [0.3, 0.4) is 0 Å². The second-order valence-electron chi connectivity index (χ2n) is 7.61. The summed E-state index contributed by atoms with van der Waals surface area (Å²) in [5.74, 6) is 3.56. The molecule has 29 heavy (non-hydrogen) atoms.